The maximum Gasteiger partial charge on any atom is 0.406 e. The third-order valence-electron chi connectivity index (χ3n) is 4.06. The minimum absolute atomic E-state index is 0. The molecule has 0 spiro atoms. The largest absolute Gasteiger partial charge is 0.406 e. The Morgan fingerprint density at radius 1 is 1.45 bits per heavy atom. The van der Waals surface area contributed by atoms with E-state index < -0.39 is 36.0 Å². The van der Waals surface area contributed by atoms with Crippen LogP contribution in [0.4, 0.5) is 13.2 Å². The summed E-state index contributed by atoms with van der Waals surface area (Å²) in [5, 5.41) is 2.76. The summed E-state index contributed by atoms with van der Waals surface area (Å²) in [7, 11) is 0. The molecule has 1 aliphatic heterocycles. The molecule has 0 aromatic heterocycles. The lowest BCUT2D eigenvalue weighted by Crippen LogP contribution is -2.56. The molecule has 0 saturated carbocycles. The molecule has 2 unspecified atom stereocenters. The first kappa shape index (κ1) is 21.0. The Balaban J connectivity index is 0.00000441. The average Bonchev–Trinajstić information content (AvgIpc) is 2.68. The second-order valence-electron chi connectivity index (χ2n) is 6.06. The van der Waals surface area contributed by atoms with Gasteiger partial charge in [-0.1, -0.05) is 13.8 Å². The van der Waals surface area contributed by atoms with E-state index in [0.717, 1.165) is 0 Å². The highest BCUT2D eigenvalue weighted by molar-refractivity contribution is 5.89. The lowest BCUT2D eigenvalue weighted by molar-refractivity contribution is -0.157. The van der Waals surface area contributed by atoms with Crippen LogP contribution >= 0.6 is 12.4 Å². The number of alkyl halides is 3. The van der Waals surface area contributed by atoms with Gasteiger partial charge in [-0.3, -0.25) is 9.59 Å². The number of hydrogen-bond acceptors (Lipinski definition) is 3. The highest BCUT2D eigenvalue weighted by Gasteiger charge is 2.42. The molecule has 22 heavy (non-hydrogen) atoms. The van der Waals surface area contributed by atoms with Crippen LogP contribution in [0.2, 0.25) is 0 Å². The van der Waals surface area contributed by atoms with Crippen LogP contribution in [-0.4, -0.2) is 48.1 Å². The fourth-order valence-corrected chi connectivity index (χ4v) is 2.13. The SMILES string of the molecule is CC(C)C(C)(CN)NC(=O)C1CC(=O)N(CC(F)(F)F)C1.Cl. The summed E-state index contributed by atoms with van der Waals surface area (Å²) in [6.45, 7) is 4.26. The maximum atomic E-state index is 12.3. The minimum Gasteiger partial charge on any atom is -0.349 e. The summed E-state index contributed by atoms with van der Waals surface area (Å²) >= 11 is 0. The molecule has 5 nitrogen and oxygen atoms in total. The predicted octanol–water partition coefficient (Wildman–Crippen LogP) is 1.31. The van der Waals surface area contributed by atoms with E-state index in [1.54, 1.807) is 6.92 Å². The number of carbonyl (C=O) groups is 2. The number of nitrogens with one attached hydrogen (secondary N) is 1. The normalized spacial score (nSPS) is 21.5. The van der Waals surface area contributed by atoms with E-state index in [1.165, 1.54) is 0 Å². The van der Waals surface area contributed by atoms with E-state index in [0.29, 0.717) is 4.90 Å². The zero-order chi connectivity index (χ0) is 16.4. The van der Waals surface area contributed by atoms with Crippen molar-refractivity contribution >= 4 is 24.2 Å². The van der Waals surface area contributed by atoms with E-state index in [1.807, 2.05) is 13.8 Å². The Bertz CT molecular complexity index is 418. The summed E-state index contributed by atoms with van der Waals surface area (Å²) in [6, 6.07) is 0. The molecule has 2 atom stereocenters. The van der Waals surface area contributed by atoms with Crippen LogP contribution in [0, 0.1) is 11.8 Å². The first-order chi connectivity index (χ1) is 9.48. The molecule has 0 radical (unpaired) electrons. The first-order valence-corrected chi connectivity index (χ1v) is 6.85. The van der Waals surface area contributed by atoms with Crippen LogP contribution < -0.4 is 11.1 Å². The van der Waals surface area contributed by atoms with Gasteiger partial charge in [-0.05, 0) is 12.8 Å². The Morgan fingerprint density at radius 3 is 2.41 bits per heavy atom. The molecule has 0 aliphatic carbocycles. The van der Waals surface area contributed by atoms with Crippen molar-refractivity contribution in [3.63, 3.8) is 0 Å². The lowest BCUT2D eigenvalue weighted by atomic mass is 9.87. The zero-order valence-electron chi connectivity index (χ0n) is 12.9. The van der Waals surface area contributed by atoms with Crippen molar-refractivity contribution < 1.29 is 22.8 Å². The summed E-state index contributed by atoms with van der Waals surface area (Å²) in [5.41, 5.74) is 5.01. The number of likely N-dealkylation sites (tertiary alicyclic amines) is 1. The van der Waals surface area contributed by atoms with E-state index in [4.69, 9.17) is 5.73 Å². The Kier molecular flexibility index (Phi) is 7.15. The molecule has 0 aromatic rings. The number of halogens is 4. The minimum atomic E-state index is -4.45. The maximum absolute atomic E-state index is 12.3. The van der Waals surface area contributed by atoms with Gasteiger partial charge in [0.15, 0.2) is 0 Å². The quantitative estimate of drug-likeness (QED) is 0.789. The van der Waals surface area contributed by atoms with Crippen molar-refractivity contribution in [1.82, 2.24) is 10.2 Å². The smallest absolute Gasteiger partial charge is 0.349 e. The highest BCUT2D eigenvalue weighted by Crippen LogP contribution is 2.25. The first-order valence-electron chi connectivity index (χ1n) is 6.85. The van der Waals surface area contributed by atoms with Crippen LogP contribution in [0.3, 0.4) is 0 Å². The molecule has 0 bridgehead atoms. The molecule has 2 amide bonds. The monoisotopic (exact) mass is 345 g/mol. The summed E-state index contributed by atoms with van der Waals surface area (Å²) < 4.78 is 37.0. The second kappa shape index (κ2) is 7.50. The lowest BCUT2D eigenvalue weighted by Gasteiger charge is -2.34. The molecule has 0 aromatic carbocycles. The van der Waals surface area contributed by atoms with E-state index in [9.17, 15) is 22.8 Å². The summed E-state index contributed by atoms with van der Waals surface area (Å²) in [4.78, 5) is 24.4. The third kappa shape index (κ3) is 5.31. The van der Waals surface area contributed by atoms with Crippen LogP contribution in [0.1, 0.15) is 27.2 Å². The number of amides is 2. The molecule has 9 heteroatoms. The van der Waals surface area contributed by atoms with E-state index in [-0.39, 0.29) is 37.8 Å². The van der Waals surface area contributed by atoms with Gasteiger partial charge in [0.05, 0.1) is 11.5 Å². The van der Waals surface area contributed by atoms with Gasteiger partial charge in [-0.25, -0.2) is 0 Å². The van der Waals surface area contributed by atoms with Gasteiger partial charge < -0.3 is 16.0 Å². The molecule has 3 N–H and O–H groups in total. The van der Waals surface area contributed by atoms with Gasteiger partial charge >= 0.3 is 6.18 Å². The van der Waals surface area contributed by atoms with Crippen molar-refractivity contribution in [3.05, 3.63) is 0 Å². The number of carbonyl (C=O) groups excluding carboxylic acids is 2. The molecular weight excluding hydrogens is 323 g/mol. The van der Waals surface area contributed by atoms with Gasteiger partial charge in [-0.15, -0.1) is 12.4 Å². The topological polar surface area (TPSA) is 75.4 Å². The molecule has 1 rings (SSSR count). The third-order valence-corrected chi connectivity index (χ3v) is 4.06. The van der Waals surface area contributed by atoms with Crippen molar-refractivity contribution in [2.24, 2.45) is 17.6 Å². The zero-order valence-corrected chi connectivity index (χ0v) is 13.7. The van der Waals surface area contributed by atoms with E-state index >= 15 is 0 Å². The van der Waals surface area contributed by atoms with Gasteiger partial charge in [0.2, 0.25) is 11.8 Å². The van der Waals surface area contributed by atoms with Gasteiger partial charge in [0.25, 0.3) is 0 Å². The number of nitrogens with zero attached hydrogens (tertiary/aromatic N) is 1. The number of nitrogens with two attached hydrogens (primary N) is 1. The Morgan fingerprint density at radius 2 is 2.00 bits per heavy atom. The van der Waals surface area contributed by atoms with Crippen molar-refractivity contribution in [2.75, 3.05) is 19.6 Å². The van der Waals surface area contributed by atoms with Crippen LogP contribution in [0.5, 0.6) is 0 Å². The highest BCUT2D eigenvalue weighted by atomic mass is 35.5. The fraction of sp³-hybridized carbons (Fsp3) is 0.846. The van der Waals surface area contributed by atoms with Crippen molar-refractivity contribution in [2.45, 2.75) is 38.9 Å². The van der Waals surface area contributed by atoms with Gasteiger partial charge in [0, 0.05) is 19.5 Å². The molecule has 1 fully saturated rings. The summed E-state index contributed by atoms with van der Waals surface area (Å²) in [5.74, 6) is -1.76. The fourth-order valence-electron chi connectivity index (χ4n) is 2.13. The van der Waals surface area contributed by atoms with Crippen LogP contribution in [0.15, 0.2) is 0 Å². The Hall–Kier alpha value is -1.02. The Labute approximate surface area is 134 Å². The molecular formula is C13H23ClF3N3O2. The molecule has 1 heterocycles. The molecule has 130 valence electrons. The van der Waals surface area contributed by atoms with Gasteiger partial charge in [0.1, 0.15) is 6.54 Å². The van der Waals surface area contributed by atoms with Crippen LogP contribution in [-0.2, 0) is 9.59 Å². The van der Waals surface area contributed by atoms with Crippen molar-refractivity contribution in [3.8, 4) is 0 Å². The number of rotatable bonds is 5. The molecule has 1 aliphatic rings. The number of hydrogen-bond donors (Lipinski definition) is 2. The second-order valence-corrected chi connectivity index (χ2v) is 6.06. The molecule has 1 saturated heterocycles. The van der Waals surface area contributed by atoms with Crippen molar-refractivity contribution in [1.29, 1.82) is 0 Å². The predicted molar refractivity (Wildman–Crippen MR) is 78.4 cm³/mol. The van der Waals surface area contributed by atoms with Crippen LogP contribution in [0.25, 0.3) is 0 Å². The summed E-state index contributed by atoms with van der Waals surface area (Å²) in [6.07, 6.45) is -4.65. The standard InChI is InChI=1S/C13H22F3N3O2.ClH/c1-8(2)12(3,6-17)18-11(21)9-4-10(20)19(5-9)7-13(14,15)16;/h8-9H,4-7,17H2,1-3H3,(H,18,21);1H. The van der Waals surface area contributed by atoms with E-state index in [2.05, 4.69) is 5.32 Å². The van der Waals surface area contributed by atoms with Gasteiger partial charge in [-0.2, -0.15) is 13.2 Å². The average molecular weight is 346 g/mol.